The number of methoxy groups -OCH3 is 1. The molecule has 3 heterocycles. The second-order valence-corrected chi connectivity index (χ2v) is 11.5. The zero-order valence-electron chi connectivity index (χ0n) is 19.0. The van der Waals surface area contributed by atoms with Crippen LogP contribution in [-0.4, -0.2) is 57.9 Å². The SMILES string of the molecule is CC[NH+]1CCc2c(sc(NC(=O)c3ccc(S(=O)(=O)N4CCCCC4)cc3)c2C(=O)OC)C1. The number of sulfonamides is 1. The molecule has 1 unspecified atom stereocenters. The van der Waals surface area contributed by atoms with E-state index in [0.29, 0.717) is 29.2 Å². The number of nitrogens with one attached hydrogen (secondary N) is 2. The van der Waals surface area contributed by atoms with Crippen LogP contribution in [0.3, 0.4) is 0 Å². The second kappa shape index (κ2) is 9.92. The fourth-order valence-corrected chi connectivity index (χ4v) is 7.27. The summed E-state index contributed by atoms with van der Waals surface area (Å²) in [6, 6.07) is 5.98. The molecule has 2 aliphatic rings. The van der Waals surface area contributed by atoms with Crippen LogP contribution in [0.4, 0.5) is 5.00 Å². The van der Waals surface area contributed by atoms with Crippen LogP contribution in [0, 0.1) is 0 Å². The largest absolute Gasteiger partial charge is 0.465 e. The first-order valence-electron chi connectivity index (χ1n) is 11.3. The predicted molar refractivity (Wildman–Crippen MR) is 126 cm³/mol. The molecule has 1 aromatic heterocycles. The molecule has 1 saturated heterocycles. The van der Waals surface area contributed by atoms with Crippen molar-refractivity contribution < 1.29 is 27.6 Å². The van der Waals surface area contributed by atoms with Crippen LogP contribution in [0.5, 0.6) is 0 Å². The van der Waals surface area contributed by atoms with E-state index in [1.165, 1.54) is 51.9 Å². The lowest BCUT2D eigenvalue weighted by molar-refractivity contribution is -0.913. The van der Waals surface area contributed by atoms with Gasteiger partial charge in [-0.3, -0.25) is 4.79 Å². The smallest absolute Gasteiger partial charge is 0.341 e. The van der Waals surface area contributed by atoms with Gasteiger partial charge in [-0.25, -0.2) is 13.2 Å². The minimum Gasteiger partial charge on any atom is -0.465 e. The van der Waals surface area contributed by atoms with Crippen molar-refractivity contribution in [3.05, 3.63) is 45.8 Å². The third kappa shape index (κ3) is 4.84. The van der Waals surface area contributed by atoms with Crippen LogP contribution in [0.25, 0.3) is 0 Å². The first kappa shape index (κ1) is 23.9. The Hall–Kier alpha value is -2.27. The van der Waals surface area contributed by atoms with Crippen molar-refractivity contribution in [2.45, 2.75) is 44.0 Å². The summed E-state index contributed by atoms with van der Waals surface area (Å²) in [5.41, 5.74) is 1.73. The molecular formula is C23H30N3O5S2+. The average Bonchev–Trinajstić information content (AvgIpc) is 3.20. The normalized spacial score (nSPS) is 19.0. The number of hydrogen-bond acceptors (Lipinski definition) is 6. The maximum Gasteiger partial charge on any atom is 0.341 e. The number of benzene rings is 1. The van der Waals surface area contributed by atoms with Crippen LogP contribution < -0.4 is 10.2 Å². The summed E-state index contributed by atoms with van der Waals surface area (Å²) in [5, 5.41) is 3.35. The number of fused-ring (bicyclic) bond motifs is 1. The molecule has 0 aliphatic carbocycles. The topological polar surface area (TPSA) is 97.2 Å². The molecule has 0 spiro atoms. The van der Waals surface area contributed by atoms with Crippen molar-refractivity contribution >= 4 is 38.2 Å². The van der Waals surface area contributed by atoms with E-state index in [0.717, 1.165) is 55.8 Å². The van der Waals surface area contributed by atoms with E-state index in [2.05, 4.69) is 12.2 Å². The number of anilines is 1. The highest BCUT2D eigenvalue weighted by molar-refractivity contribution is 7.89. The summed E-state index contributed by atoms with van der Waals surface area (Å²) in [6.45, 7) is 5.94. The highest BCUT2D eigenvalue weighted by atomic mass is 32.2. The Morgan fingerprint density at radius 3 is 2.48 bits per heavy atom. The molecule has 1 amide bonds. The molecule has 10 heteroatoms. The quantitative estimate of drug-likeness (QED) is 0.601. The Bertz CT molecular complexity index is 1140. The molecule has 2 aromatic rings. The summed E-state index contributed by atoms with van der Waals surface area (Å²) in [6.07, 6.45) is 3.54. The van der Waals surface area contributed by atoms with Gasteiger partial charge in [0.05, 0.1) is 35.5 Å². The van der Waals surface area contributed by atoms with Crippen molar-refractivity contribution in [1.29, 1.82) is 0 Å². The van der Waals surface area contributed by atoms with Gasteiger partial charge in [-0.05, 0) is 49.6 Å². The van der Waals surface area contributed by atoms with Gasteiger partial charge >= 0.3 is 5.97 Å². The van der Waals surface area contributed by atoms with Gasteiger partial charge in [-0.15, -0.1) is 11.3 Å². The number of carbonyl (C=O) groups is 2. The van der Waals surface area contributed by atoms with E-state index in [9.17, 15) is 18.0 Å². The Labute approximate surface area is 198 Å². The van der Waals surface area contributed by atoms with Crippen molar-refractivity contribution in [3.8, 4) is 0 Å². The Balaban J connectivity index is 1.55. The van der Waals surface area contributed by atoms with Gasteiger partial charge in [0.1, 0.15) is 11.5 Å². The lowest BCUT2D eigenvalue weighted by Crippen LogP contribution is -3.11. The summed E-state index contributed by atoms with van der Waals surface area (Å²) in [5.74, 6) is -0.842. The average molecular weight is 493 g/mol. The first-order valence-corrected chi connectivity index (χ1v) is 13.6. The van der Waals surface area contributed by atoms with Gasteiger partial charge in [0, 0.05) is 25.1 Å². The first-order chi connectivity index (χ1) is 15.8. The number of ether oxygens (including phenoxy) is 1. The molecular weight excluding hydrogens is 462 g/mol. The van der Waals surface area contributed by atoms with Gasteiger partial charge < -0.3 is 15.0 Å². The van der Waals surface area contributed by atoms with E-state index < -0.39 is 16.0 Å². The number of carbonyl (C=O) groups excluding carboxylic acids is 2. The highest BCUT2D eigenvalue weighted by Crippen LogP contribution is 2.35. The zero-order chi connectivity index (χ0) is 23.6. The summed E-state index contributed by atoms with van der Waals surface area (Å²) < 4.78 is 32.2. The van der Waals surface area contributed by atoms with Crippen molar-refractivity contribution in [3.63, 3.8) is 0 Å². The van der Waals surface area contributed by atoms with Crippen LogP contribution >= 0.6 is 11.3 Å². The van der Waals surface area contributed by atoms with Crippen LogP contribution in [0.15, 0.2) is 29.2 Å². The van der Waals surface area contributed by atoms with Gasteiger partial charge in [0.2, 0.25) is 10.0 Å². The molecule has 0 saturated carbocycles. The van der Waals surface area contributed by atoms with E-state index in [-0.39, 0.29) is 10.8 Å². The molecule has 1 aromatic carbocycles. The summed E-state index contributed by atoms with van der Waals surface area (Å²) in [4.78, 5) is 28.2. The van der Waals surface area contributed by atoms with Crippen LogP contribution in [-0.2, 0) is 27.7 Å². The minimum atomic E-state index is -3.55. The van der Waals surface area contributed by atoms with Gasteiger partial charge in [-0.1, -0.05) is 6.42 Å². The fraction of sp³-hybridized carbons (Fsp3) is 0.478. The van der Waals surface area contributed by atoms with Crippen molar-refractivity contribution in [2.75, 3.05) is 38.6 Å². The standard InChI is InChI=1S/C23H29N3O5S2/c1-3-25-14-11-18-19(15-25)32-22(20(18)23(28)31-2)24-21(27)16-7-9-17(10-8-16)33(29,30)26-12-5-4-6-13-26/h7-10H,3-6,11-15H2,1-2H3,(H,24,27)/p+1. The molecule has 1 fully saturated rings. The minimum absolute atomic E-state index is 0.186. The lowest BCUT2D eigenvalue weighted by Gasteiger charge is -2.25. The molecule has 1 atom stereocenters. The molecule has 2 aliphatic heterocycles. The Morgan fingerprint density at radius 2 is 1.85 bits per heavy atom. The maximum absolute atomic E-state index is 13.0. The number of piperidine rings is 1. The maximum atomic E-state index is 13.0. The number of amides is 1. The van der Waals surface area contributed by atoms with Gasteiger partial charge in [0.25, 0.3) is 5.91 Å². The summed E-state index contributed by atoms with van der Waals surface area (Å²) >= 11 is 1.42. The molecule has 33 heavy (non-hydrogen) atoms. The molecule has 4 rings (SSSR count). The van der Waals surface area contributed by atoms with E-state index in [1.54, 1.807) is 0 Å². The van der Waals surface area contributed by atoms with Crippen LogP contribution in [0.2, 0.25) is 0 Å². The number of quaternary nitrogens is 1. The number of likely N-dealkylation sites (N-methyl/N-ethyl adjacent to an activating group) is 1. The molecule has 8 nitrogen and oxygen atoms in total. The van der Waals surface area contributed by atoms with E-state index >= 15 is 0 Å². The number of rotatable bonds is 6. The molecule has 0 radical (unpaired) electrons. The fourth-order valence-electron chi connectivity index (χ4n) is 4.45. The lowest BCUT2D eigenvalue weighted by atomic mass is 10.0. The number of esters is 1. The zero-order valence-corrected chi connectivity index (χ0v) is 20.6. The predicted octanol–water partition coefficient (Wildman–Crippen LogP) is 1.92. The third-order valence-corrected chi connectivity index (χ3v) is 9.48. The van der Waals surface area contributed by atoms with Crippen molar-refractivity contribution in [2.24, 2.45) is 0 Å². The Morgan fingerprint density at radius 1 is 1.15 bits per heavy atom. The number of thiophene rings is 1. The second-order valence-electron chi connectivity index (χ2n) is 8.42. The molecule has 178 valence electrons. The van der Waals surface area contributed by atoms with E-state index in [1.807, 2.05) is 0 Å². The third-order valence-electron chi connectivity index (χ3n) is 6.42. The highest BCUT2D eigenvalue weighted by Gasteiger charge is 2.31. The van der Waals surface area contributed by atoms with E-state index in [4.69, 9.17) is 4.74 Å². The summed E-state index contributed by atoms with van der Waals surface area (Å²) in [7, 11) is -2.22. The Kier molecular flexibility index (Phi) is 7.18. The van der Waals surface area contributed by atoms with Crippen LogP contribution in [0.1, 0.15) is 57.3 Å². The van der Waals surface area contributed by atoms with Gasteiger partial charge in [-0.2, -0.15) is 4.31 Å². The van der Waals surface area contributed by atoms with Crippen molar-refractivity contribution in [1.82, 2.24) is 4.31 Å². The number of nitrogens with zero attached hydrogens (tertiary/aromatic N) is 1. The van der Waals surface area contributed by atoms with Gasteiger partial charge in [0.15, 0.2) is 0 Å². The monoisotopic (exact) mass is 492 g/mol. The number of hydrogen-bond donors (Lipinski definition) is 2. The molecule has 2 N–H and O–H groups in total. The molecule has 0 bridgehead atoms.